The standard InChI is InChI=1S/C35H40O12/c1-6-23(36)26-18-44-32(43-5)33(46-26)45-22-16-24(41-3)29-25(17-22)47-35(20-12-14-21(40-2)15-13-20)28(19-10-8-7-9-11-19)27(31(38)42-4)30(37)34(29,35)39/h7-17,23,26-28,30,32-33,36-37,39H,6,18H2,1-5H3/t23-,26-,27-,28-,30-,32-,33-,34+,35+/m1/s1. The Kier molecular flexibility index (Phi) is 9.09. The third kappa shape index (κ3) is 5.11. The van der Waals surface area contributed by atoms with Crippen molar-refractivity contribution in [2.24, 2.45) is 5.92 Å². The van der Waals surface area contributed by atoms with Gasteiger partial charge in [-0.1, -0.05) is 49.4 Å². The normalized spacial score (nSPS) is 31.7. The second-order valence-corrected chi connectivity index (χ2v) is 11.8. The highest BCUT2D eigenvalue weighted by molar-refractivity contribution is 5.78. The summed E-state index contributed by atoms with van der Waals surface area (Å²) in [6, 6.07) is 19.1. The number of aliphatic hydroxyl groups is 3. The van der Waals surface area contributed by atoms with E-state index in [1.165, 1.54) is 34.5 Å². The van der Waals surface area contributed by atoms with Gasteiger partial charge < -0.3 is 53.2 Å². The number of esters is 1. The fourth-order valence-corrected chi connectivity index (χ4v) is 7.26. The summed E-state index contributed by atoms with van der Waals surface area (Å²) in [5.74, 6) is -1.83. The number of carbonyl (C=O) groups is 1. The molecule has 3 aromatic rings. The van der Waals surface area contributed by atoms with Crippen LogP contribution in [0.25, 0.3) is 0 Å². The molecule has 3 aromatic carbocycles. The number of benzene rings is 3. The van der Waals surface area contributed by atoms with Crippen molar-refractivity contribution in [2.45, 2.75) is 61.4 Å². The molecule has 1 saturated carbocycles. The van der Waals surface area contributed by atoms with Gasteiger partial charge in [0.1, 0.15) is 35.2 Å². The van der Waals surface area contributed by atoms with Crippen LogP contribution in [-0.4, -0.2) is 87.2 Å². The summed E-state index contributed by atoms with van der Waals surface area (Å²) in [7, 11) is 5.64. The molecule has 3 N–H and O–H groups in total. The molecule has 0 aromatic heterocycles. The molecule has 0 bridgehead atoms. The van der Waals surface area contributed by atoms with Crippen LogP contribution in [0.15, 0.2) is 66.7 Å². The average Bonchev–Trinajstić information content (AvgIpc) is 3.49. The topological polar surface area (TPSA) is 152 Å². The van der Waals surface area contributed by atoms with Gasteiger partial charge in [0, 0.05) is 25.2 Å². The van der Waals surface area contributed by atoms with E-state index in [0.29, 0.717) is 23.3 Å². The lowest BCUT2D eigenvalue weighted by Crippen LogP contribution is -2.52. The molecule has 2 heterocycles. The smallest absolute Gasteiger partial charge is 0.312 e. The lowest BCUT2D eigenvalue weighted by molar-refractivity contribution is -0.323. The van der Waals surface area contributed by atoms with Crippen molar-refractivity contribution in [3.05, 3.63) is 83.4 Å². The molecule has 0 amide bonds. The van der Waals surface area contributed by atoms with E-state index in [2.05, 4.69) is 0 Å². The number of methoxy groups -OCH3 is 4. The summed E-state index contributed by atoms with van der Waals surface area (Å²) in [6.45, 7) is 1.94. The van der Waals surface area contributed by atoms with Crippen molar-refractivity contribution in [2.75, 3.05) is 35.0 Å². The lowest BCUT2D eigenvalue weighted by atomic mass is 9.70. The third-order valence-corrected chi connectivity index (χ3v) is 9.48. The maximum atomic E-state index is 13.5. The van der Waals surface area contributed by atoms with Crippen LogP contribution in [0.2, 0.25) is 0 Å². The van der Waals surface area contributed by atoms with E-state index < -0.39 is 59.9 Å². The van der Waals surface area contributed by atoms with Gasteiger partial charge in [0.25, 0.3) is 6.29 Å². The van der Waals surface area contributed by atoms with E-state index in [-0.39, 0.29) is 29.4 Å². The SMILES string of the molecule is CC[C@@H](O)[C@H]1CO[C@@H](OC)[C@H](Oc2cc(OC)c3c(c2)O[C@@]2(c4ccc(OC)cc4)[C@H](c4ccccc4)[C@@H](C(=O)OC)[C@@H](O)[C@@]32O)O1. The molecule has 2 aliphatic heterocycles. The molecule has 0 spiro atoms. The van der Waals surface area contributed by atoms with Gasteiger partial charge >= 0.3 is 5.97 Å². The van der Waals surface area contributed by atoms with Gasteiger partial charge in [-0.2, -0.15) is 0 Å². The van der Waals surface area contributed by atoms with Crippen molar-refractivity contribution in [1.82, 2.24) is 0 Å². The third-order valence-electron chi connectivity index (χ3n) is 9.48. The minimum atomic E-state index is -2.23. The summed E-state index contributed by atoms with van der Waals surface area (Å²) in [6.07, 6.45) is -4.67. The fourth-order valence-electron chi connectivity index (χ4n) is 7.26. The van der Waals surface area contributed by atoms with E-state index in [1.807, 2.05) is 37.3 Å². The predicted octanol–water partition coefficient (Wildman–Crippen LogP) is 2.99. The Morgan fingerprint density at radius 3 is 2.32 bits per heavy atom. The largest absolute Gasteiger partial charge is 0.497 e. The predicted molar refractivity (Wildman–Crippen MR) is 165 cm³/mol. The molecule has 0 radical (unpaired) electrons. The summed E-state index contributed by atoms with van der Waals surface area (Å²) >= 11 is 0. The van der Waals surface area contributed by atoms with Gasteiger partial charge in [0.2, 0.25) is 6.29 Å². The first-order valence-electron chi connectivity index (χ1n) is 15.4. The number of fused-ring (bicyclic) bond motifs is 3. The Morgan fingerprint density at radius 2 is 1.70 bits per heavy atom. The first kappa shape index (κ1) is 33.0. The molecule has 6 rings (SSSR count). The zero-order chi connectivity index (χ0) is 33.5. The average molecular weight is 653 g/mol. The molecule has 0 unspecified atom stereocenters. The van der Waals surface area contributed by atoms with Crippen LogP contribution in [0.3, 0.4) is 0 Å². The molecule has 3 aliphatic rings. The second kappa shape index (κ2) is 12.9. The van der Waals surface area contributed by atoms with Crippen molar-refractivity contribution in [3.8, 4) is 23.0 Å². The van der Waals surface area contributed by atoms with E-state index in [4.69, 9.17) is 37.9 Å². The molecular formula is C35H40O12. The Bertz CT molecular complexity index is 1560. The van der Waals surface area contributed by atoms with Gasteiger partial charge in [0.05, 0.1) is 45.5 Å². The van der Waals surface area contributed by atoms with Gasteiger partial charge in [0.15, 0.2) is 11.2 Å². The highest BCUT2D eigenvalue weighted by Crippen LogP contribution is 2.70. The van der Waals surface area contributed by atoms with Crippen molar-refractivity contribution < 1.29 is 58.0 Å². The highest BCUT2D eigenvalue weighted by atomic mass is 16.8. The maximum Gasteiger partial charge on any atom is 0.312 e. The van der Waals surface area contributed by atoms with E-state index in [0.717, 1.165) is 0 Å². The van der Waals surface area contributed by atoms with Gasteiger partial charge in [-0.05, 0) is 29.7 Å². The zero-order valence-corrected chi connectivity index (χ0v) is 26.8. The van der Waals surface area contributed by atoms with Crippen LogP contribution < -0.4 is 18.9 Å². The first-order chi connectivity index (χ1) is 22.7. The fraction of sp³-hybridized carbons (Fsp3) is 0.457. The van der Waals surface area contributed by atoms with Crippen molar-refractivity contribution in [1.29, 1.82) is 0 Å². The Balaban J connectivity index is 1.52. The summed E-state index contributed by atoms with van der Waals surface area (Å²) in [4.78, 5) is 13.5. The molecule has 47 heavy (non-hydrogen) atoms. The first-order valence-corrected chi connectivity index (χ1v) is 15.4. The quantitative estimate of drug-likeness (QED) is 0.276. The molecule has 9 atom stereocenters. The van der Waals surface area contributed by atoms with Crippen LogP contribution in [0, 0.1) is 5.92 Å². The lowest BCUT2D eigenvalue weighted by Gasteiger charge is -2.40. The molecule has 12 nitrogen and oxygen atoms in total. The van der Waals surface area contributed by atoms with Crippen molar-refractivity contribution >= 4 is 5.97 Å². The molecule has 12 heteroatoms. The summed E-state index contributed by atoms with van der Waals surface area (Å²) in [5.41, 5.74) is -2.75. The highest BCUT2D eigenvalue weighted by Gasteiger charge is 2.78. The number of carbonyl (C=O) groups excluding carboxylic acids is 1. The summed E-state index contributed by atoms with van der Waals surface area (Å²) in [5, 5.41) is 35.6. The summed E-state index contributed by atoms with van der Waals surface area (Å²) < 4.78 is 46.7. The maximum absolute atomic E-state index is 13.5. The Labute approximate surface area is 272 Å². The van der Waals surface area contributed by atoms with Gasteiger partial charge in [-0.25, -0.2) is 0 Å². The van der Waals surface area contributed by atoms with E-state index in [9.17, 15) is 20.1 Å². The second-order valence-electron chi connectivity index (χ2n) is 11.8. The number of aliphatic hydroxyl groups excluding tert-OH is 2. The van der Waals surface area contributed by atoms with Gasteiger partial charge in [-0.3, -0.25) is 4.79 Å². The van der Waals surface area contributed by atoms with Crippen LogP contribution >= 0.6 is 0 Å². The van der Waals surface area contributed by atoms with Crippen LogP contribution in [0.5, 0.6) is 23.0 Å². The van der Waals surface area contributed by atoms with Gasteiger partial charge in [-0.15, -0.1) is 0 Å². The monoisotopic (exact) mass is 652 g/mol. The Morgan fingerprint density at radius 1 is 0.979 bits per heavy atom. The number of rotatable bonds is 10. The number of hydrogen-bond donors (Lipinski definition) is 3. The molecule has 1 aliphatic carbocycles. The van der Waals surface area contributed by atoms with E-state index in [1.54, 1.807) is 30.3 Å². The molecule has 1 saturated heterocycles. The number of hydrogen-bond acceptors (Lipinski definition) is 12. The minimum absolute atomic E-state index is 0.113. The number of ether oxygens (including phenoxy) is 8. The molecule has 252 valence electrons. The van der Waals surface area contributed by atoms with Crippen LogP contribution in [0.4, 0.5) is 0 Å². The van der Waals surface area contributed by atoms with Crippen LogP contribution in [-0.2, 0) is 34.9 Å². The molecular weight excluding hydrogens is 612 g/mol. The van der Waals surface area contributed by atoms with E-state index >= 15 is 0 Å². The Hall–Kier alpha value is -3.91. The zero-order valence-electron chi connectivity index (χ0n) is 26.8. The van der Waals surface area contributed by atoms with Crippen molar-refractivity contribution in [3.63, 3.8) is 0 Å². The minimum Gasteiger partial charge on any atom is -0.497 e. The van der Waals surface area contributed by atoms with Crippen LogP contribution in [0.1, 0.15) is 36.0 Å². The molecule has 2 fully saturated rings.